The van der Waals surface area contributed by atoms with Gasteiger partial charge in [0, 0.05) is 18.0 Å². The van der Waals surface area contributed by atoms with Crippen LogP contribution in [0, 0.1) is 0 Å². The fourth-order valence-electron chi connectivity index (χ4n) is 1.96. The van der Waals surface area contributed by atoms with Crippen molar-refractivity contribution in [3.05, 3.63) is 48.3 Å². The number of alkyl halides is 3. The van der Waals surface area contributed by atoms with Gasteiger partial charge in [-0.15, -0.1) is 0 Å². The van der Waals surface area contributed by atoms with Crippen molar-refractivity contribution >= 4 is 15.9 Å². The Bertz CT molecular complexity index is 865. The number of carbonyl (C=O) groups is 1. The number of hydrogen-bond donors (Lipinski definition) is 1. The van der Waals surface area contributed by atoms with Gasteiger partial charge in [0.15, 0.2) is 5.75 Å². The van der Waals surface area contributed by atoms with E-state index in [1.165, 1.54) is 24.1 Å². The van der Waals surface area contributed by atoms with E-state index in [1.54, 1.807) is 24.3 Å². The van der Waals surface area contributed by atoms with Gasteiger partial charge in [-0.05, 0) is 23.8 Å². The molecule has 1 heterocycles. The molecule has 0 radical (unpaired) electrons. The first-order valence-electron chi connectivity index (χ1n) is 6.81. The fraction of sp³-hybridized carbons (Fsp3) is 0.200. The molecule has 0 atom stereocenters. The van der Waals surface area contributed by atoms with E-state index in [0.717, 1.165) is 6.20 Å². The summed E-state index contributed by atoms with van der Waals surface area (Å²) in [6.07, 6.45) is -2.45. The van der Waals surface area contributed by atoms with Crippen molar-refractivity contribution in [1.82, 2.24) is 9.71 Å². The molecule has 0 saturated carbocycles. The lowest BCUT2D eigenvalue weighted by Gasteiger charge is -2.10. The minimum absolute atomic E-state index is 0.181. The highest BCUT2D eigenvalue weighted by Crippen LogP contribution is 2.22. The Morgan fingerprint density at radius 1 is 1.16 bits per heavy atom. The maximum Gasteiger partial charge on any atom is 0.404 e. The van der Waals surface area contributed by atoms with Gasteiger partial charge < -0.3 is 4.74 Å². The average Bonchev–Trinajstić information content (AvgIpc) is 2.52. The summed E-state index contributed by atoms with van der Waals surface area (Å²) in [6, 6.07) is 8.06. The first-order chi connectivity index (χ1) is 11.6. The summed E-state index contributed by atoms with van der Waals surface area (Å²) in [6.45, 7) is 0. The Hall–Kier alpha value is -2.62. The highest BCUT2D eigenvalue weighted by Gasteiger charge is 2.36. The summed E-state index contributed by atoms with van der Waals surface area (Å²) in [4.78, 5) is 15.7. The molecule has 1 N–H and O–H groups in total. The minimum Gasteiger partial charge on any atom is -0.497 e. The number of hydrogen-bond acceptors (Lipinski definition) is 5. The SMILES string of the molecule is COc1ccc(-c2cncc(C(=O)NS(=O)(=O)CC(F)(F)F)c2)cc1. The molecule has 0 saturated heterocycles. The first-order valence-corrected chi connectivity index (χ1v) is 8.46. The molecule has 2 aromatic rings. The standard InChI is InChI=1S/C15H13F3N2O4S/c1-24-13-4-2-10(3-5-13)11-6-12(8-19-7-11)14(21)20-25(22,23)9-15(16,17)18/h2-8H,9H2,1H3,(H,20,21). The number of ether oxygens (including phenoxy) is 1. The van der Waals surface area contributed by atoms with Gasteiger partial charge >= 0.3 is 6.18 Å². The molecule has 0 aliphatic rings. The number of amides is 1. The molecule has 6 nitrogen and oxygen atoms in total. The predicted molar refractivity (Wildman–Crippen MR) is 83.5 cm³/mol. The van der Waals surface area contributed by atoms with Gasteiger partial charge in [-0.3, -0.25) is 9.78 Å². The van der Waals surface area contributed by atoms with Crippen LogP contribution in [0.2, 0.25) is 0 Å². The van der Waals surface area contributed by atoms with Crippen LogP contribution < -0.4 is 9.46 Å². The normalized spacial score (nSPS) is 11.8. The predicted octanol–water partition coefficient (Wildman–Crippen LogP) is 2.38. The van der Waals surface area contributed by atoms with Crippen LogP contribution in [0.1, 0.15) is 10.4 Å². The van der Waals surface area contributed by atoms with Gasteiger partial charge in [0.25, 0.3) is 5.91 Å². The third kappa shape index (κ3) is 5.45. The van der Waals surface area contributed by atoms with Crippen LogP contribution in [0.4, 0.5) is 13.2 Å². The molecule has 25 heavy (non-hydrogen) atoms. The summed E-state index contributed by atoms with van der Waals surface area (Å²) >= 11 is 0. The summed E-state index contributed by atoms with van der Waals surface area (Å²) in [5.74, 6) is -2.71. The number of nitrogens with zero attached hydrogens (tertiary/aromatic N) is 1. The lowest BCUT2D eigenvalue weighted by atomic mass is 10.1. The Labute approximate surface area is 141 Å². The van der Waals surface area contributed by atoms with Crippen molar-refractivity contribution in [3.8, 4) is 16.9 Å². The number of benzene rings is 1. The van der Waals surface area contributed by atoms with Gasteiger partial charge in [-0.25, -0.2) is 13.1 Å². The van der Waals surface area contributed by atoms with Crippen LogP contribution >= 0.6 is 0 Å². The quantitative estimate of drug-likeness (QED) is 0.869. The molecule has 0 unspecified atom stereocenters. The Kier molecular flexibility index (Phi) is 5.31. The van der Waals surface area contributed by atoms with Crippen molar-refractivity contribution in [1.29, 1.82) is 0 Å². The largest absolute Gasteiger partial charge is 0.497 e. The zero-order valence-corrected chi connectivity index (χ0v) is 13.7. The summed E-state index contributed by atoms with van der Waals surface area (Å²) < 4.78 is 65.7. The van der Waals surface area contributed by atoms with Gasteiger partial charge in [0.05, 0.1) is 12.7 Å². The smallest absolute Gasteiger partial charge is 0.404 e. The Morgan fingerprint density at radius 3 is 2.36 bits per heavy atom. The molecule has 1 aromatic heterocycles. The number of aromatic nitrogens is 1. The number of rotatable bonds is 5. The molecule has 1 aromatic carbocycles. The number of methoxy groups -OCH3 is 1. The van der Waals surface area contributed by atoms with E-state index in [1.807, 2.05) is 0 Å². The molecule has 10 heteroatoms. The maximum absolute atomic E-state index is 12.2. The second-order valence-electron chi connectivity index (χ2n) is 5.00. The molecule has 0 aliphatic carbocycles. The second kappa shape index (κ2) is 7.09. The number of nitrogens with one attached hydrogen (secondary N) is 1. The lowest BCUT2D eigenvalue weighted by Crippen LogP contribution is -2.37. The zero-order valence-electron chi connectivity index (χ0n) is 12.9. The van der Waals surface area contributed by atoms with E-state index in [-0.39, 0.29) is 5.56 Å². The Balaban J connectivity index is 2.21. The molecular weight excluding hydrogens is 361 g/mol. The second-order valence-corrected chi connectivity index (χ2v) is 6.72. The highest BCUT2D eigenvalue weighted by molar-refractivity contribution is 7.90. The van der Waals surface area contributed by atoms with Crippen LogP contribution in [0.3, 0.4) is 0 Å². The van der Waals surface area contributed by atoms with E-state index in [4.69, 9.17) is 4.74 Å². The van der Waals surface area contributed by atoms with Crippen molar-refractivity contribution in [3.63, 3.8) is 0 Å². The summed E-state index contributed by atoms with van der Waals surface area (Å²) in [5, 5.41) is 0. The van der Waals surface area contributed by atoms with Crippen molar-refractivity contribution in [2.24, 2.45) is 0 Å². The zero-order chi connectivity index (χ0) is 18.7. The van der Waals surface area contributed by atoms with Gasteiger partial charge in [0.1, 0.15) is 5.75 Å². The van der Waals surface area contributed by atoms with Crippen LogP contribution in [0.15, 0.2) is 42.7 Å². The third-order valence-electron chi connectivity index (χ3n) is 3.03. The molecule has 0 aliphatic heterocycles. The summed E-state index contributed by atoms with van der Waals surface area (Å²) in [5.41, 5.74) is 0.976. The third-order valence-corrected chi connectivity index (χ3v) is 4.23. The first kappa shape index (κ1) is 18.7. The van der Waals surface area contributed by atoms with Crippen LogP contribution in [-0.2, 0) is 10.0 Å². The average molecular weight is 374 g/mol. The number of halogens is 3. The Morgan fingerprint density at radius 2 is 1.80 bits per heavy atom. The lowest BCUT2D eigenvalue weighted by molar-refractivity contribution is -0.106. The molecule has 0 fully saturated rings. The molecule has 1 amide bonds. The van der Waals surface area contributed by atoms with E-state index in [0.29, 0.717) is 16.9 Å². The maximum atomic E-state index is 12.2. The highest BCUT2D eigenvalue weighted by atomic mass is 32.2. The van der Waals surface area contributed by atoms with Crippen LogP contribution in [0.25, 0.3) is 11.1 Å². The molecule has 0 spiro atoms. The van der Waals surface area contributed by atoms with Crippen LogP contribution in [0.5, 0.6) is 5.75 Å². The number of sulfonamides is 1. The number of pyridine rings is 1. The molecule has 0 bridgehead atoms. The minimum atomic E-state index is -4.95. The number of carbonyl (C=O) groups excluding carboxylic acids is 1. The van der Waals surface area contributed by atoms with Crippen molar-refractivity contribution < 1.29 is 31.1 Å². The molecule has 2 rings (SSSR count). The van der Waals surface area contributed by atoms with Gasteiger partial charge in [-0.1, -0.05) is 12.1 Å². The molecular formula is C15H13F3N2O4S. The van der Waals surface area contributed by atoms with Crippen molar-refractivity contribution in [2.75, 3.05) is 12.9 Å². The molecule has 134 valence electrons. The van der Waals surface area contributed by atoms with E-state index >= 15 is 0 Å². The van der Waals surface area contributed by atoms with Crippen molar-refractivity contribution in [2.45, 2.75) is 6.18 Å². The fourth-order valence-corrected chi connectivity index (χ4v) is 2.86. The summed E-state index contributed by atoms with van der Waals surface area (Å²) in [7, 11) is -3.34. The van der Waals surface area contributed by atoms with Crippen LogP contribution in [-0.4, -0.2) is 38.3 Å². The van der Waals surface area contributed by atoms with Gasteiger partial charge in [-0.2, -0.15) is 13.2 Å². The van der Waals surface area contributed by atoms with E-state index < -0.39 is 27.9 Å². The van der Waals surface area contributed by atoms with Gasteiger partial charge in [0.2, 0.25) is 10.0 Å². The topological polar surface area (TPSA) is 85.4 Å². The monoisotopic (exact) mass is 374 g/mol. The van der Waals surface area contributed by atoms with E-state index in [9.17, 15) is 26.4 Å². The van der Waals surface area contributed by atoms with E-state index in [2.05, 4.69) is 4.98 Å².